The van der Waals surface area contributed by atoms with Gasteiger partial charge in [0.2, 0.25) is 5.91 Å². The van der Waals surface area contributed by atoms with E-state index >= 15 is 0 Å². The number of carbonyl (C=O) groups is 1. The number of amides is 1. The minimum absolute atomic E-state index is 0.175. The third-order valence-electron chi connectivity index (χ3n) is 5.17. The van der Waals surface area contributed by atoms with Crippen LogP contribution in [0.5, 0.6) is 0 Å². The first-order chi connectivity index (χ1) is 13.2. The third kappa shape index (κ3) is 4.27. The van der Waals surface area contributed by atoms with Crippen LogP contribution in [0.25, 0.3) is 0 Å². The van der Waals surface area contributed by atoms with Gasteiger partial charge in [0.15, 0.2) is 0 Å². The lowest BCUT2D eigenvalue weighted by atomic mass is 9.90. The van der Waals surface area contributed by atoms with Crippen LogP contribution < -0.4 is 0 Å². The second-order valence-electron chi connectivity index (χ2n) is 7.18. The Labute approximate surface area is 163 Å². The highest BCUT2D eigenvalue weighted by molar-refractivity contribution is 7.09. The van der Waals surface area contributed by atoms with Gasteiger partial charge in [-0.1, -0.05) is 30.3 Å². The molecule has 1 fully saturated rings. The molecule has 1 N–H and O–H groups in total. The molecule has 0 unspecified atom stereocenters. The summed E-state index contributed by atoms with van der Waals surface area (Å²) in [5.41, 5.74) is 4.58. The van der Waals surface area contributed by atoms with E-state index in [4.69, 9.17) is 0 Å². The normalized spacial score (nSPS) is 17.2. The third-order valence-corrected chi connectivity index (χ3v) is 5.99. The van der Waals surface area contributed by atoms with Gasteiger partial charge >= 0.3 is 0 Å². The predicted octanol–water partition coefficient (Wildman–Crippen LogP) is 3.71. The molecule has 0 saturated carbocycles. The second kappa shape index (κ2) is 8.05. The maximum atomic E-state index is 12.7. The first-order valence-corrected chi connectivity index (χ1v) is 10.3. The molecule has 1 aliphatic rings. The van der Waals surface area contributed by atoms with Gasteiger partial charge in [-0.2, -0.15) is 5.10 Å². The highest BCUT2D eigenvalue weighted by Crippen LogP contribution is 2.29. The highest BCUT2D eigenvalue weighted by atomic mass is 32.1. The van der Waals surface area contributed by atoms with E-state index in [0.717, 1.165) is 43.1 Å². The molecule has 0 spiro atoms. The van der Waals surface area contributed by atoms with E-state index in [1.807, 2.05) is 29.5 Å². The van der Waals surface area contributed by atoms with Crippen LogP contribution in [0.4, 0.5) is 0 Å². The molecular formula is C21H24N4OS. The zero-order chi connectivity index (χ0) is 18.6. The summed E-state index contributed by atoms with van der Waals surface area (Å²) in [6.45, 7) is 3.56. The van der Waals surface area contributed by atoms with Crippen molar-refractivity contribution in [2.45, 2.75) is 38.5 Å². The van der Waals surface area contributed by atoms with Gasteiger partial charge in [-0.05, 0) is 30.9 Å². The maximum absolute atomic E-state index is 12.7. The van der Waals surface area contributed by atoms with Crippen molar-refractivity contribution in [2.24, 2.45) is 0 Å². The molecule has 4 rings (SSSR count). The Hall–Kier alpha value is -2.47. The van der Waals surface area contributed by atoms with E-state index in [-0.39, 0.29) is 5.91 Å². The minimum Gasteiger partial charge on any atom is -0.342 e. The summed E-state index contributed by atoms with van der Waals surface area (Å²) < 4.78 is 0. The van der Waals surface area contributed by atoms with Gasteiger partial charge in [0.1, 0.15) is 0 Å². The van der Waals surface area contributed by atoms with Gasteiger partial charge in [0, 0.05) is 36.5 Å². The molecule has 140 valence electrons. The van der Waals surface area contributed by atoms with E-state index < -0.39 is 0 Å². The van der Waals surface area contributed by atoms with E-state index in [0.29, 0.717) is 12.3 Å². The molecule has 0 aliphatic carbocycles. The number of thiazole rings is 1. The van der Waals surface area contributed by atoms with E-state index in [1.165, 1.54) is 16.8 Å². The maximum Gasteiger partial charge on any atom is 0.228 e. The molecule has 2 aromatic heterocycles. The Morgan fingerprint density at radius 1 is 1.33 bits per heavy atom. The Balaban J connectivity index is 1.44. The molecule has 1 aromatic carbocycles. The minimum atomic E-state index is 0.175. The number of likely N-dealkylation sites (tertiary alicyclic amines) is 1. The summed E-state index contributed by atoms with van der Waals surface area (Å²) in [6.07, 6.45) is 5.31. The summed E-state index contributed by atoms with van der Waals surface area (Å²) in [4.78, 5) is 19.2. The lowest BCUT2D eigenvalue weighted by molar-refractivity contribution is -0.131. The number of nitrogens with one attached hydrogen (secondary N) is 1. The number of aromatic amines is 1. The number of hydrogen-bond donors (Lipinski definition) is 1. The number of aryl methyl sites for hydroxylation is 1. The fourth-order valence-electron chi connectivity index (χ4n) is 3.83. The first-order valence-electron chi connectivity index (χ1n) is 9.44. The largest absolute Gasteiger partial charge is 0.342 e. The lowest BCUT2D eigenvalue weighted by Gasteiger charge is -2.32. The predicted molar refractivity (Wildman–Crippen MR) is 107 cm³/mol. The Bertz CT molecular complexity index is 902. The topological polar surface area (TPSA) is 61.9 Å². The Morgan fingerprint density at radius 3 is 2.96 bits per heavy atom. The SMILES string of the molecule is Cc1nc(CC(=O)N2CCC[C@H](c3[nH]ncc3Cc3ccccc3)C2)cs1. The van der Waals surface area contributed by atoms with Crippen LogP contribution in [-0.4, -0.2) is 39.1 Å². The van der Waals surface area contributed by atoms with Crippen molar-refractivity contribution in [3.63, 3.8) is 0 Å². The van der Waals surface area contributed by atoms with Crippen molar-refractivity contribution < 1.29 is 4.79 Å². The van der Waals surface area contributed by atoms with Crippen molar-refractivity contribution in [3.05, 3.63) is 69.4 Å². The van der Waals surface area contributed by atoms with Gasteiger partial charge in [0.25, 0.3) is 0 Å². The molecule has 1 saturated heterocycles. The van der Waals surface area contributed by atoms with Crippen molar-refractivity contribution in [1.82, 2.24) is 20.1 Å². The molecule has 5 nitrogen and oxygen atoms in total. The van der Waals surface area contributed by atoms with Crippen LogP contribution in [0, 0.1) is 6.92 Å². The summed E-state index contributed by atoms with van der Waals surface area (Å²) >= 11 is 1.60. The number of rotatable bonds is 5. The Kier molecular flexibility index (Phi) is 5.34. The smallest absolute Gasteiger partial charge is 0.228 e. The lowest BCUT2D eigenvalue weighted by Crippen LogP contribution is -2.40. The molecule has 1 amide bonds. The number of hydrogen-bond acceptors (Lipinski definition) is 4. The standard InChI is InChI=1S/C21H24N4OS/c1-15-23-19(14-27-15)11-20(26)25-9-5-8-17(13-25)21-18(12-22-24-21)10-16-6-3-2-4-7-16/h2-4,6-7,12,14,17H,5,8-11,13H2,1H3,(H,22,24)/t17-/m0/s1. The number of benzene rings is 1. The molecule has 1 atom stereocenters. The van der Waals surface area contributed by atoms with Crippen LogP contribution in [-0.2, 0) is 17.6 Å². The van der Waals surface area contributed by atoms with E-state index in [9.17, 15) is 4.79 Å². The number of carbonyl (C=O) groups excluding carboxylic acids is 1. The quantitative estimate of drug-likeness (QED) is 0.734. The summed E-state index contributed by atoms with van der Waals surface area (Å²) in [6, 6.07) is 10.5. The molecule has 3 heterocycles. The van der Waals surface area contributed by atoms with Gasteiger partial charge in [-0.15, -0.1) is 11.3 Å². The van der Waals surface area contributed by atoms with Crippen LogP contribution >= 0.6 is 11.3 Å². The average molecular weight is 381 g/mol. The van der Waals surface area contributed by atoms with Gasteiger partial charge in [-0.25, -0.2) is 4.98 Å². The zero-order valence-electron chi connectivity index (χ0n) is 15.5. The van der Waals surface area contributed by atoms with Crippen LogP contribution in [0.3, 0.4) is 0 Å². The molecule has 0 radical (unpaired) electrons. The van der Waals surface area contributed by atoms with Gasteiger partial charge in [-0.3, -0.25) is 9.89 Å². The molecule has 0 bridgehead atoms. The summed E-state index contributed by atoms with van der Waals surface area (Å²) in [5.74, 6) is 0.496. The van der Waals surface area contributed by atoms with Gasteiger partial charge < -0.3 is 4.90 Å². The molecule has 27 heavy (non-hydrogen) atoms. The number of piperidine rings is 1. The van der Waals surface area contributed by atoms with Crippen molar-refractivity contribution in [2.75, 3.05) is 13.1 Å². The number of H-pyrrole nitrogens is 1. The van der Waals surface area contributed by atoms with Crippen molar-refractivity contribution in [3.8, 4) is 0 Å². The van der Waals surface area contributed by atoms with Crippen LogP contribution in [0.15, 0.2) is 41.9 Å². The fraction of sp³-hybridized carbons (Fsp3) is 0.381. The van der Waals surface area contributed by atoms with Crippen molar-refractivity contribution in [1.29, 1.82) is 0 Å². The number of nitrogens with zero attached hydrogens (tertiary/aromatic N) is 3. The monoisotopic (exact) mass is 380 g/mol. The fourth-order valence-corrected chi connectivity index (χ4v) is 4.44. The molecule has 6 heteroatoms. The average Bonchev–Trinajstić information content (AvgIpc) is 3.31. The second-order valence-corrected chi connectivity index (χ2v) is 8.25. The van der Waals surface area contributed by atoms with Crippen molar-refractivity contribution >= 4 is 17.2 Å². The van der Waals surface area contributed by atoms with E-state index in [2.05, 4.69) is 39.4 Å². The summed E-state index contributed by atoms with van der Waals surface area (Å²) in [5, 5.41) is 10.5. The molecule has 3 aromatic rings. The molecule has 1 aliphatic heterocycles. The van der Waals surface area contributed by atoms with Gasteiger partial charge in [0.05, 0.1) is 23.3 Å². The Morgan fingerprint density at radius 2 is 2.19 bits per heavy atom. The number of aromatic nitrogens is 3. The first kappa shape index (κ1) is 17.9. The summed E-state index contributed by atoms with van der Waals surface area (Å²) in [7, 11) is 0. The molecular weight excluding hydrogens is 356 g/mol. The highest BCUT2D eigenvalue weighted by Gasteiger charge is 2.27. The van der Waals surface area contributed by atoms with E-state index in [1.54, 1.807) is 11.3 Å². The zero-order valence-corrected chi connectivity index (χ0v) is 16.3. The van der Waals surface area contributed by atoms with Crippen LogP contribution in [0.2, 0.25) is 0 Å². The van der Waals surface area contributed by atoms with Crippen LogP contribution in [0.1, 0.15) is 46.3 Å².